The van der Waals surface area contributed by atoms with E-state index in [2.05, 4.69) is 18.0 Å². The smallest absolute Gasteiger partial charge is 0.339 e. The van der Waals surface area contributed by atoms with Crippen LogP contribution < -0.4 is 0 Å². The van der Waals surface area contributed by atoms with Gasteiger partial charge >= 0.3 is 5.97 Å². The Morgan fingerprint density at radius 2 is 2.21 bits per heavy atom. The number of hydrogen-bond donors (Lipinski definition) is 0. The molecule has 0 amide bonds. The number of esters is 1. The van der Waals surface area contributed by atoms with E-state index in [-0.39, 0.29) is 5.97 Å². The minimum Gasteiger partial charge on any atom is -0.462 e. The Morgan fingerprint density at radius 1 is 1.42 bits per heavy atom. The Bertz CT molecular complexity index is 464. The molecule has 19 heavy (non-hydrogen) atoms. The van der Waals surface area contributed by atoms with E-state index in [1.54, 1.807) is 19.3 Å². The number of nitrogens with zero attached hydrogens (tertiary/aromatic N) is 1. The van der Waals surface area contributed by atoms with Gasteiger partial charge in [-0.2, -0.15) is 0 Å². The van der Waals surface area contributed by atoms with Crippen LogP contribution >= 0.6 is 0 Å². The van der Waals surface area contributed by atoms with Crippen molar-refractivity contribution in [3.63, 3.8) is 0 Å². The molecule has 1 aromatic heterocycles. The average molecular weight is 259 g/mol. The van der Waals surface area contributed by atoms with Gasteiger partial charge in [0.25, 0.3) is 0 Å². The van der Waals surface area contributed by atoms with Crippen LogP contribution in [0.25, 0.3) is 0 Å². The first-order valence-electron chi connectivity index (χ1n) is 6.57. The lowest BCUT2D eigenvalue weighted by atomic mass is 10.0. The quantitative estimate of drug-likeness (QED) is 0.579. The summed E-state index contributed by atoms with van der Waals surface area (Å²) in [5.41, 5.74) is 1.56. The molecule has 0 N–H and O–H groups in total. The van der Waals surface area contributed by atoms with Crippen molar-refractivity contribution in [2.45, 2.75) is 27.2 Å². The Labute approximate surface area is 115 Å². The molecule has 3 heteroatoms. The molecule has 0 spiro atoms. The fourth-order valence-electron chi connectivity index (χ4n) is 1.73. The van der Waals surface area contributed by atoms with Crippen molar-refractivity contribution in [3.8, 4) is 0 Å². The zero-order valence-corrected chi connectivity index (χ0v) is 11.8. The summed E-state index contributed by atoms with van der Waals surface area (Å²) in [4.78, 5) is 15.7. The van der Waals surface area contributed by atoms with E-state index in [4.69, 9.17) is 4.74 Å². The molecule has 0 aliphatic heterocycles. The normalized spacial score (nSPS) is 13.0. The largest absolute Gasteiger partial charge is 0.462 e. The molecule has 3 nitrogen and oxygen atoms in total. The number of allylic oxidation sites excluding steroid dienone is 4. The Kier molecular flexibility index (Phi) is 6.58. The first kappa shape index (κ1) is 15.2. The van der Waals surface area contributed by atoms with Crippen molar-refractivity contribution in [1.29, 1.82) is 0 Å². The summed E-state index contributed by atoms with van der Waals surface area (Å²) in [6, 6.07) is 1.85. The van der Waals surface area contributed by atoms with Crippen LogP contribution in [-0.2, 0) is 11.2 Å². The third-order valence-corrected chi connectivity index (χ3v) is 2.61. The third-order valence-electron chi connectivity index (χ3n) is 2.61. The van der Waals surface area contributed by atoms with Gasteiger partial charge in [0.2, 0.25) is 0 Å². The Hall–Kier alpha value is -1.90. The molecule has 0 aromatic carbocycles. The summed E-state index contributed by atoms with van der Waals surface area (Å²) >= 11 is 0. The Balaban J connectivity index is 2.69. The zero-order chi connectivity index (χ0) is 14.1. The van der Waals surface area contributed by atoms with E-state index in [9.17, 15) is 4.79 Å². The molecule has 102 valence electrons. The van der Waals surface area contributed by atoms with Crippen molar-refractivity contribution >= 4 is 5.97 Å². The predicted molar refractivity (Wildman–Crippen MR) is 77.0 cm³/mol. The van der Waals surface area contributed by atoms with Crippen molar-refractivity contribution in [2.24, 2.45) is 5.92 Å². The maximum atomic E-state index is 11.6. The lowest BCUT2D eigenvalue weighted by molar-refractivity contribution is 0.0525. The van der Waals surface area contributed by atoms with Gasteiger partial charge in [-0.25, -0.2) is 4.79 Å². The summed E-state index contributed by atoms with van der Waals surface area (Å²) in [6.07, 6.45) is 12.4. The standard InChI is InChI=1S/C16H21NO2/c1-4-6-7-8-13(3)9-14-10-15(12-17-11-14)16(18)19-5-2/h4,6-8,10-13H,5,9H2,1-3H3/b6-4-,8-7-. The summed E-state index contributed by atoms with van der Waals surface area (Å²) in [5, 5.41) is 0. The molecule has 0 aliphatic rings. The van der Waals surface area contributed by atoms with Crippen LogP contribution in [0.15, 0.2) is 42.8 Å². The molecule has 0 fully saturated rings. The number of carbonyl (C=O) groups is 1. The molecule has 1 rings (SSSR count). The minimum atomic E-state index is -0.311. The summed E-state index contributed by atoms with van der Waals surface area (Å²) < 4.78 is 4.97. The van der Waals surface area contributed by atoms with Gasteiger partial charge in [-0.3, -0.25) is 4.98 Å². The van der Waals surface area contributed by atoms with Gasteiger partial charge in [-0.1, -0.05) is 31.2 Å². The van der Waals surface area contributed by atoms with Gasteiger partial charge in [0, 0.05) is 12.4 Å². The van der Waals surface area contributed by atoms with Gasteiger partial charge in [0.05, 0.1) is 12.2 Å². The molecule has 0 saturated carbocycles. The van der Waals surface area contributed by atoms with Crippen molar-refractivity contribution in [1.82, 2.24) is 4.98 Å². The number of ether oxygens (including phenoxy) is 1. The second-order valence-corrected chi connectivity index (χ2v) is 4.39. The maximum Gasteiger partial charge on any atom is 0.339 e. The number of aromatic nitrogens is 1. The van der Waals surface area contributed by atoms with E-state index in [1.807, 2.05) is 31.2 Å². The maximum absolute atomic E-state index is 11.6. The topological polar surface area (TPSA) is 39.2 Å². The molecule has 0 saturated heterocycles. The lowest BCUT2D eigenvalue weighted by Gasteiger charge is -2.07. The molecule has 0 aliphatic carbocycles. The Morgan fingerprint density at radius 3 is 2.89 bits per heavy atom. The van der Waals surface area contributed by atoms with Gasteiger partial charge in [0.15, 0.2) is 0 Å². The van der Waals surface area contributed by atoms with Crippen molar-refractivity contribution in [3.05, 3.63) is 53.9 Å². The zero-order valence-electron chi connectivity index (χ0n) is 11.8. The fraction of sp³-hybridized carbons (Fsp3) is 0.375. The summed E-state index contributed by atoms with van der Waals surface area (Å²) in [5.74, 6) is 0.0874. The highest BCUT2D eigenvalue weighted by Gasteiger charge is 2.08. The van der Waals surface area contributed by atoms with Crippen LogP contribution in [0.3, 0.4) is 0 Å². The number of hydrogen-bond acceptors (Lipinski definition) is 3. The summed E-state index contributed by atoms with van der Waals surface area (Å²) in [6.45, 7) is 6.30. The second-order valence-electron chi connectivity index (χ2n) is 4.39. The van der Waals surface area contributed by atoms with E-state index < -0.39 is 0 Å². The highest BCUT2D eigenvalue weighted by atomic mass is 16.5. The second kappa shape index (κ2) is 8.25. The van der Waals surface area contributed by atoms with Crippen molar-refractivity contribution in [2.75, 3.05) is 6.61 Å². The summed E-state index contributed by atoms with van der Waals surface area (Å²) in [7, 11) is 0. The van der Waals surface area contributed by atoms with E-state index in [1.165, 1.54) is 0 Å². The molecule has 1 aromatic rings. The molecule has 0 bridgehead atoms. The molecular weight excluding hydrogens is 238 g/mol. The number of pyridine rings is 1. The van der Waals surface area contributed by atoms with Gasteiger partial charge in [-0.15, -0.1) is 0 Å². The van der Waals surface area contributed by atoms with E-state index in [0.717, 1.165) is 12.0 Å². The molecular formula is C16H21NO2. The molecule has 0 radical (unpaired) electrons. The highest BCUT2D eigenvalue weighted by molar-refractivity contribution is 5.89. The lowest BCUT2D eigenvalue weighted by Crippen LogP contribution is -2.06. The molecule has 1 heterocycles. The number of rotatable bonds is 6. The highest BCUT2D eigenvalue weighted by Crippen LogP contribution is 2.11. The molecule has 1 atom stereocenters. The SMILES string of the molecule is C/C=C\C=C/C(C)Cc1cncc(C(=O)OCC)c1. The van der Waals surface area contributed by atoms with E-state index in [0.29, 0.717) is 18.1 Å². The van der Waals surface area contributed by atoms with Crippen LogP contribution in [0.4, 0.5) is 0 Å². The fourth-order valence-corrected chi connectivity index (χ4v) is 1.73. The van der Waals surface area contributed by atoms with Crippen LogP contribution in [0, 0.1) is 5.92 Å². The van der Waals surface area contributed by atoms with E-state index >= 15 is 0 Å². The van der Waals surface area contributed by atoms with Crippen LogP contribution in [0.1, 0.15) is 36.7 Å². The first-order valence-corrected chi connectivity index (χ1v) is 6.57. The molecule has 1 unspecified atom stereocenters. The van der Waals surface area contributed by atoms with Gasteiger partial charge in [-0.05, 0) is 37.8 Å². The van der Waals surface area contributed by atoms with Crippen LogP contribution in [-0.4, -0.2) is 17.6 Å². The monoisotopic (exact) mass is 259 g/mol. The first-order chi connectivity index (χ1) is 9.17. The predicted octanol–water partition coefficient (Wildman–Crippen LogP) is 3.57. The van der Waals surface area contributed by atoms with Crippen molar-refractivity contribution < 1.29 is 9.53 Å². The van der Waals surface area contributed by atoms with Gasteiger partial charge in [0.1, 0.15) is 0 Å². The average Bonchev–Trinajstić information content (AvgIpc) is 2.39. The van der Waals surface area contributed by atoms with Gasteiger partial charge < -0.3 is 4.74 Å². The van der Waals surface area contributed by atoms with Crippen LogP contribution in [0.2, 0.25) is 0 Å². The van der Waals surface area contributed by atoms with Crippen LogP contribution in [0.5, 0.6) is 0 Å². The third kappa shape index (κ3) is 5.51. The minimum absolute atomic E-state index is 0.311. The number of carbonyl (C=O) groups excluding carboxylic acids is 1.